The predicted molar refractivity (Wildman–Crippen MR) is 118 cm³/mol. The maximum atomic E-state index is 15.1. The second-order valence-electron chi connectivity index (χ2n) is 8.05. The molecule has 10 heteroatoms. The number of nitrogens with one attached hydrogen (secondary N) is 1. The first-order valence-corrected chi connectivity index (χ1v) is 10.5. The fourth-order valence-electron chi connectivity index (χ4n) is 3.68. The number of ether oxygens (including phenoxy) is 1. The van der Waals surface area contributed by atoms with Crippen molar-refractivity contribution in [3.8, 4) is 23.0 Å². The molecule has 0 radical (unpaired) electrons. The molecule has 1 unspecified atom stereocenters. The van der Waals surface area contributed by atoms with Crippen molar-refractivity contribution in [2.75, 3.05) is 51.8 Å². The van der Waals surface area contributed by atoms with Crippen LogP contribution in [0.15, 0.2) is 24.3 Å². The van der Waals surface area contributed by atoms with Gasteiger partial charge in [0.05, 0.1) is 10.9 Å². The highest BCUT2D eigenvalue weighted by molar-refractivity contribution is 5.90. The summed E-state index contributed by atoms with van der Waals surface area (Å²) in [5, 5.41) is 13.8. The van der Waals surface area contributed by atoms with Gasteiger partial charge in [-0.25, -0.2) is 13.8 Å². The highest BCUT2D eigenvalue weighted by Gasteiger charge is 2.25. The van der Waals surface area contributed by atoms with E-state index in [0.717, 1.165) is 19.2 Å². The topological polar surface area (TPSA) is 86.6 Å². The third-order valence-corrected chi connectivity index (χ3v) is 5.37. The molecule has 2 aromatic heterocycles. The maximum absolute atomic E-state index is 15.1. The third kappa shape index (κ3) is 4.42. The number of pyridine rings is 1. The SMILES string of the molecule is CC1CNCCN1c1nc(OCCN(C)C)nc2nc(-c3c(O)cccc3F)c(F)cc12. The molecule has 1 atom stereocenters. The zero-order chi connectivity index (χ0) is 22.8. The van der Waals surface area contributed by atoms with Crippen LogP contribution in [0.2, 0.25) is 0 Å². The lowest BCUT2D eigenvalue weighted by Gasteiger charge is -2.35. The quantitative estimate of drug-likeness (QED) is 0.600. The summed E-state index contributed by atoms with van der Waals surface area (Å²) < 4.78 is 35.3. The summed E-state index contributed by atoms with van der Waals surface area (Å²) in [6.07, 6.45) is 0. The van der Waals surface area contributed by atoms with Gasteiger partial charge in [-0.1, -0.05) is 6.07 Å². The van der Waals surface area contributed by atoms with Crippen molar-refractivity contribution < 1.29 is 18.6 Å². The first-order chi connectivity index (χ1) is 15.3. The number of hydrogen-bond donors (Lipinski definition) is 2. The molecule has 1 saturated heterocycles. The van der Waals surface area contributed by atoms with Gasteiger partial charge in [0.2, 0.25) is 0 Å². The number of anilines is 1. The van der Waals surface area contributed by atoms with Crippen LogP contribution in [0, 0.1) is 11.6 Å². The number of halogens is 2. The van der Waals surface area contributed by atoms with E-state index in [1.54, 1.807) is 0 Å². The van der Waals surface area contributed by atoms with Crippen LogP contribution in [0.5, 0.6) is 11.8 Å². The van der Waals surface area contributed by atoms with Crippen molar-refractivity contribution in [3.63, 3.8) is 0 Å². The number of hydrogen-bond acceptors (Lipinski definition) is 8. The van der Waals surface area contributed by atoms with Crippen LogP contribution in [0.25, 0.3) is 22.3 Å². The molecule has 0 amide bonds. The van der Waals surface area contributed by atoms with Crippen LogP contribution >= 0.6 is 0 Å². The second kappa shape index (κ2) is 9.17. The minimum atomic E-state index is -0.775. The average molecular weight is 444 g/mol. The minimum absolute atomic E-state index is 0.106. The highest BCUT2D eigenvalue weighted by Crippen LogP contribution is 2.35. The first-order valence-electron chi connectivity index (χ1n) is 10.5. The molecule has 0 bridgehead atoms. The molecule has 8 nitrogen and oxygen atoms in total. The molecule has 2 N–H and O–H groups in total. The predicted octanol–water partition coefficient (Wildman–Crippen LogP) is 2.41. The van der Waals surface area contributed by atoms with Crippen LogP contribution in [0.3, 0.4) is 0 Å². The molecule has 1 aliphatic rings. The largest absolute Gasteiger partial charge is 0.507 e. The monoisotopic (exact) mass is 444 g/mol. The molecule has 3 heterocycles. The van der Waals surface area contributed by atoms with E-state index in [0.29, 0.717) is 30.9 Å². The molecule has 3 aromatic rings. The van der Waals surface area contributed by atoms with E-state index in [4.69, 9.17) is 4.74 Å². The zero-order valence-electron chi connectivity index (χ0n) is 18.3. The molecular formula is C22H26F2N6O2. The van der Waals surface area contributed by atoms with E-state index in [2.05, 4.69) is 25.2 Å². The number of fused-ring (bicyclic) bond motifs is 1. The van der Waals surface area contributed by atoms with Gasteiger partial charge in [0.15, 0.2) is 11.5 Å². The van der Waals surface area contributed by atoms with Gasteiger partial charge < -0.3 is 25.0 Å². The Morgan fingerprint density at radius 3 is 2.75 bits per heavy atom. The van der Waals surface area contributed by atoms with Crippen molar-refractivity contribution in [2.24, 2.45) is 0 Å². The number of aromatic hydroxyl groups is 1. The van der Waals surface area contributed by atoms with Gasteiger partial charge in [0.25, 0.3) is 0 Å². The Kier molecular flexibility index (Phi) is 6.33. The van der Waals surface area contributed by atoms with Gasteiger partial charge in [-0.2, -0.15) is 9.97 Å². The first kappa shape index (κ1) is 22.1. The Morgan fingerprint density at radius 1 is 1.22 bits per heavy atom. The molecule has 1 aliphatic heterocycles. The summed E-state index contributed by atoms with van der Waals surface area (Å²) in [6.45, 7) is 5.23. The highest BCUT2D eigenvalue weighted by atomic mass is 19.1. The van der Waals surface area contributed by atoms with Crippen LogP contribution in [-0.2, 0) is 0 Å². The zero-order valence-corrected chi connectivity index (χ0v) is 18.3. The number of piperazine rings is 1. The Morgan fingerprint density at radius 2 is 2.03 bits per heavy atom. The summed E-state index contributed by atoms with van der Waals surface area (Å²) >= 11 is 0. The summed E-state index contributed by atoms with van der Waals surface area (Å²) in [7, 11) is 3.85. The fourth-order valence-corrected chi connectivity index (χ4v) is 3.68. The molecule has 4 rings (SSSR count). The molecule has 1 fully saturated rings. The molecule has 0 aliphatic carbocycles. The van der Waals surface area contributed by atoms with Crippen molar-refractivity contribution in [3.05, 3.63) is 35.9 Å². The normalized spacial score (nSPS) is 16.7. The molecule has 170 valence electrons. The number of phenolic OH excluding ortho intramolecular Hbond substituents is 1. The molecule has 0 saturated carbocycles. The van der Waals surface area contributed by atoms with E-state index < -0.39 is 17.4 Å². The number of aromatic nitrogens is 3. The van der Waals surface area contributed by atoms with Crippen molar-refractivity contribution >= 4 is 16.9 Å². The fraction of sp³-hybridized carbons (Fsp3) is 0.409. The summed E-state index contributed by atoms with van der Waals surface area (Å²) in [6, 6.07) is 5.24. The van der Waals surface area contributed by atoms with Gasteiger partial charge in [-0.05, 0) is 39.2 Å². The standard InChI is InChI=1S/C22H26F2N6O2/c1-13-12-25-7-8-30(13)21-14-11-16(24)19(18-15(23)5-4-6-17(18)31)26-20(14)27-22(28-21)32-10-9-29(2)3/h4-6,11,13,25,31H,7-10,12H2,1-3H3. The molecular weight excluding hydrogens is 418 g/mol. The van der Waals surface area contributed by atoms with Crippen LogP contribution in [0.1, 0.15) is 6.92 Å². The number of likely N-dealkylation sites (N-methyl/N-ethyl adjacent to an activating group) is 1. The van der Waals surface area contributed by atoms with E-state index >= 15 is 4.39 Å². The molecule has 32 heavy (non-hydrogen) atoms. The van der Waals surface area contributed by atoms with E-state index in [1.165, 1.54) is 18.2 Å². The van der Waals surface area contributed by atoms with Crippen LogP contribution in [0.4, 0.5) is 14.6 Å². The van der Waals surface area contributed by atoms with Gasteiger partial charge in [-0.3, -0.25) is 0 Å². The van der Waals surface area contributed by atoms with Crippen LogP contribution < -0.4 is 15.0 Å². The van der Waals surface area contributed by atoms with E-state index in [-0.39, 0.29) is 29.0 Å². The lowest BCUT2D eigenvalue weighted by Crippen LogP contribution is -2.50. The maximum Gasteiger partial charge on any atom is 0.320 e. The smallest absolute Gasteiger partial charge is 0.320 e. The number of rotatable bonds is 6. The third-order valence-electron chi connectivity index (χ3n) is 5.37. The van der Waals surface area contributed by atoms with Crippen molar-refractivity contribution in [1.82, 2.24) is 25.2 Å². The minimum Gasteiger partial charge on any atom is -0.507 e. The average Bonchev–Trinajstić information content (AvgIpc) is 2.74. The summed E-state index contributed by atoms with van der Waals surface area (Å²) in [5.41, 5.74) is -0.456. The van der Waals surface area contributed by atoms with E-state index in [9.17, 15) is 9.50 Å². The van der Waals surface area contributed by atoms with Gasteiger partial charge in [-0.15, -0.1) is 0 Å². The number of benzene rings is 1. The van der Waals surface area contributed by atoms with Gasteiger partial charge in [0, 0.05) is 32.2 Å². The number of phenols is 1. The lowest BCUT2D eigenvalue weighted by molar-refractivity contribution is 0.246. The van der Waals surface area contributed by atoms with E-state index in [1.807, 2.05) is 25.9 Å². The van der Waals surface area contributed by atoms with Crippen LogP contribution in [-0.4, -0.2) is 77.9 Å². The van der Waals surface area contributed by atoms with Crippen molar-refractivity contribution in [1.29, 1.82) is 0 Å². The lowest BCUT2D eigenvalue weighted by atomic mass is 10.1. The Bertz CT molecular complexity index is 1110. The Hall–Kier alpha value is -3.11. The van der Waals surface area contributed by atoms with Gasteiger partial charge in [0.1, 0.15) is 29.7 Å². The summed E-state index contributed by atoms with van der Waals surface area (Å²) in [4.78, 5) is 17.2. The molecule has 0 spiro atoms. The second-order valence-corrected chi connectivity index (χ2v) is 8.05. The molecule has 1 aromatic carbocycles. The Labute approximate surface area is 184 Å². The van der Waals surface area contributed by atoms with Gasteiger partial charge >= 0.3 is 6.01 Å². The number of nitrogens with zero attached hydrogens (tertiary/aromatic N) is 5. The Balaban J connectivity index is 1.86. The van der Waals surface area contributed by atoms with Crippen molar-refractivity contribution in [2.45, 2.75) is 13.0 Å². The summed E-state index contributed by atoms with van der Waals surface area (Å²) in [5.74, 6) is -1.43.